The molecule has 0 N–H and O–H groups in total. The maximum atomic E-state index is 12.3. The first-order valence-electron chi connectivity index (χ1n) is 6.73. The maximum Gasteiger partial charge on any atom is 0.336 e. The Kier molecular flexibility index (Phi) is 3.46. The molecule has 2 unspecified atom stereocenters. The number of esters is 1. The molecule has 0 fully saturated rings. The summed E-state index contributed by atoms with van der Waals surface area (Å²) in [6.45, 7) is 3.71. The van der Waals surface area contributed by atoms with Crippen LogP contribution in [0.4, 0.5) is 0 Å². The first-order valence-corrected chi connectivity index (χ1v) is 7.72. The summed E-state index contributed by atoms with van der Waals surface area (Å²) in [5.74, 6) is 0.815. The molecule has 0 saturated carbocycles. The molecule has 2 heterocycles. The van der Waals surface area contributed by atoms with Crippen LogP contribution < -0.4 is 0 Å². The predicted molar refractivity (Wildman–Crippen MR) is 75.7 cm³/mol. The normalized spacial score (nSPS) is 31.5. The van der Waals surface area contributed by atoms with Gasteiger partial charge in [-0.05, 0) is 31.1 Å². The number of Topliss-reactive ketones (excluding diaryl/α,β-unsaturated/α-hetero) is 1. The van der Waals surface area contributed by atoms with Crippen molar-refractivity contribution in [3.63, 3.8) is 0 Å². The minimum atomic E-state index is -0.708. The number of thioether (sulfide) groups is 1. The first-order chi connectivity index (χ1) is 9.58. The van der Waals surface area contributed by atoms with E-state index in [4.69, 9.17) is 9.47 Å². The van der Waals surface area contributed by atoms with Crippen molar-refractivity contribution in [1.82, 2.24) is 0 Å². The lowest BCUT2D eigenvalue weighted by atomic mass is 9.96. The lowest BCUT2D eigenvalue weighted by molar-refractivity contribution is -0.152. The van der Waals surface area contributed by atoms with Gasteiger partial charge < -0.3 is 9.47 Å². The molecule has 1 aliphatic carbocycles. The van der Waals surface area contributed by atoms with E-state index < -0.39 is 6.29 Å². The Balaban J connectivity index is 1.74. The van der Waals surface area contributed by atoms with Gasteiger partial charge >= 0.3 is 5.97 Å². The molecule has 3 aliphatic rings. The van der Waals surface area contributed by atoms with Crippen LogP contribution in [0.2, 0.25) is 0 Å². The third-order valence-corrected chi connectivity index (χ3v) is 5.08. The monoisotopic (exact) mass is 292 g/mol. The van der Waals surface area contributed by atoms with Gasteiger partial charge in [0.2, 0.25) is 0 Å². The van der Waals surface area contributed by atoms with Crippen molar-refractivity contribution < 1.29 is 19.1 Å². The quantitative estimate of drug-likeness (QED) is 0.445. The number of cyclic esters (lactones) is 1. The summed E-state index contributed by atoms with van der Waals surface area (Å²) in [5, 5.41) is 0. The number of hydrogen-bond donors (Lipinski definition) is 0. The van der Waals surface area contributed by atoms with Crippen LogP contribution in [0.25, 0.3) is 0 Å². The molecule has 0 spiro atoms. The zero-order valence-corrected chi connectivity index (χ0v) is 12.3. The van der Waals surface area contributed by atoms with Crippen molar-refractivity contribution in [1.29, 1.82) is 0 Å². The minimum absolute atomic E-state index is 0.0715. The first kappa shape index (κ1) is 13.5. The van der Waals surface area contributed by atoms with Crippen molar-refractivity contribution in [2.24, 2.45) is 5.92 Å². The van der Waals surface area contributed by atoms with E-state index in [-0.39, 0.29) is 17.7 Å². The Hall–Kier alpha value is -1.49. The van der Waals surface area contributed by atoms with E-state index in [2.05, 4.69) is 0 Å². The van der Waals surface area contributed by atoms with E-state index in [1.54, 1.807) is 24.8 Å². The summed E-state index contributed by atoms with van der Waals surface area (Å²) in [6, 6.07) is 0. The third-order valence-electron chi connectivity index (χ3n) is 3.85. The van der Waals surface area contributed by atoms with Crippen molar-refractivity contribution in [3.05, 3.63) is 34.0 Å². The SMILES string of the molecule is CC1=CC(O/C=C2/C(=O)C3=C(CCCS3)C2C)OC1=O. The van der Waals surface area contributed by atoms with Crippen LogP contribution in [-0.2, 0) is 19.1 Å². The van der Waals surface area contributed by atoms with Crippen LogP contribution in [0.5, 0.6) is 0 Å². The molecule has 0 aromatic carbocycles. The number of allylic oxidation sites excluding steroid dienone is 3. The highest BCUT2D eigenvalue weighted by molar-refractivity contribution is 8.04. The van der Waals surface area contributed by atoms with Gasteiger partial charge in [-0.25, -0.2) is 4.79 Å². The second-order valence-corrected chi connectivity index (χ2v) is 6.30. The van der Waals surface area contributed by atoms with Gasteiger partial charge in [-0.2, -0.15) is 0 Å². The molecule has 0 aromatic rings. The number of rotatable bonds is 2. The van der Waals surface area contributed by atoms with E-state index in [9.17, 15) is 9.59 Å². The van der Waals surface area contributed by atoms with E-state index >= 15 is 0 Å². The number of carbonyl (C=O) groups excluding carboxylic acids is 2. The van der Waals surface area contributed by atoms with Crippen LogP contribution in [0.1, 0.15) is 26.7 Å². The zero-order chi connectivity index (χ0) is 14.3. The lowest BCUT2D eigenvalue weighted by Crippen LogP contribution is -2.11. The molecule has 3 rings (SSSR count). The molecule has 0 bridgehead atoms. The average molecular weight is 292 g/mol. The molecule has 0 aromatic heterocycles. The molecule has 0 saturated heterocycles. The number of ether oxygens (including phenoxy) is 2. The fourth-order valence-electron chi connectivity index (χ4n) is 2.65. The summed E-state index contributed by atoms with van der Waals surface area (Å²) in [6.07, 6.45) is 4.49. The molecule has 0 radical (unpaired) electrons. The summed E-state index contributed by atoms with van der Waals surface area (Å²) < 4.78 is 10.4. The van der Waals surface area contributed by atoms with Gasteiger partial charge in [-0.1, -0.05) is 6.92 Å². The van der Waals surface area contributed by atoms with Gasteiger partial charge in [0, 0.05) is 23.1 Å². The molecular formula is C15H16O4S. The second kappa shape index (κ2) is 5.13. The van der Waals surface area contributed by atoms with E-state index in [1.807, 2.05) is 6.92 Å². The molecule has 2 aliphatic heterocycles. The zero-order valence-electron chi connectivity index (χ0n) is 11.5. The Morgan fingerprint density at radius 3 is 2.90 bits per heavy atom. The Bertz CT molecular complexity index is 570. The number of ketones is 1. The highest BCUT2D eigenvalue weighted by Crippen LogP contribution is 2.44. The van der Waals surface area contributed by atoms with Crippen LogP contribution in [0, 0.1) is 5.92 Å². The lowest BCUT2D eigenvalue weighted by Gasteiger charge is -2.14. The Morgan fingerprint density at radius 2 is 2.25 bits per heavy atom. The predicted octanol–water partition coefficient (Wildman–Crippen LogP) is 2.72. The van der Waals surface area contributed by atoms with Crippen LogP contribution in [-0.4, -0.2) is 23.8 Å². The Labute approximate surface area is 121 Å². The topological polar surface area (TPSA) is 52.6 Å². The van der Waals surface area contributed by atoms with Gasteiger partial charge in [-0.3, -0.25) is 4.79 Å². The standard InChI is InChI=1S/C15H16O4S/c1-8-6-12(19-15(8)17)18-7-11-9(2)10-4-3-5-20-14(10)13(11)16/h6-7,9,12H,3-5H2,1-2H3/b11-7+. The fraction of sp³-hybridized carbons (Fsp3) is 0.467. The largest absolute Gasteiger partial charge is 0.458 e. The van der Waals surface area contributed by atoms with Crippen molar-refractivity contribution in [3.8, 4) is 0 Å². The van der Waals surface area contributed by atoms with Gasteiger partial charge in [0.05, 0.1) is 11.2 Å². The molecular weight excluding hydrogens is 276 g/mol. The molecule has 20 heavy (non-hydrogen) atoms. The van der Waals surface area contributed by atoms with E-state index in [0.717, 1.165) is 23.5 Å². The van der Waals surface area contributed by atoms with Gasteiger partial charge in [0.25, 0.3) is 6.29 Å². The summed E-state index contributed by atoms with van der Waals surface area (Å²) in [7, 11) is 0. The number of hydrogen-bond acceptors (Lipinski definition) is 5. The molecule has 4 nitrogen and oxygen atoms in total. The fourth-order valence-corrected chi connectivity index (χ4v) is 3.86. The minimum Gasteiger partial charge on any atom is -0.458 e. The van der Waals surface area contributed by atoms with Crippen molar-refractivity contribution >= 4 is 23.5 Å². The molecule has 106 valence electrons. The van der Waals surface area contributed by atoms with E-state index in [0.29, 0.717) is 11.1 Å². The summed E-state index contributed by atoms with van der Waals surface area (Å²) in [4.78, 5) is 24.5. The van der Waals surface area contributed by atoms with Crippen LogP contribution in [0.15, 0.2) is 34.0 Å². The highest BCUT2D eigenvalue weighted by atomic mass is 32.2. The van der Waals surface area contributed by atoms with Crippen molar-refractivity contribution in [2.75, 3.05) is 5.75 Å². The maximum absolute atomic E-state index is 12.3. The highest BCUT2D eigenvalue weighted by Gasteiger charge is 2.36. The smallest absolute Gasteiger partial charge is 0.336 e. The Morgan fingerprint density at radius 1 is 1.45 bits per heavy atom. The molecule has 2 atom stereocenters. The van der Waals surface area contributed by atoms with E-state index in [1.165, 1.54) is 11.8 Å². The van der Waals surface area contributed by atoms with Gasteiger partial charge in [0.15, 0.2) is 5.78 Å². The van der Waals surface area contributed by atoms with Crippen LogP contribution in [0.3, 0.4) is 0 Å². The number of carbonyl (C=O) groups is 2. The third kappa shape index (κ3) is 2.20. The summed E-state index contributed by atoms with van der Waals surface area (Å²) in [5.41, 5.74) is 2.43. The van der Waals surface area contributed by atoms with Crippen LogP contribution >= 0.6 is 11.8 Å². The van der Waals surface area contributed by atoms with Crippen molar-refractivity contribution in [2.45, 2.75) is 33.0 Å². The average Bonchev–Trinajstić information content (AvgIpc) is 2.88. The van der Waals surface area contributed by atoms with Gasteiger partial charge in [0.1, 0.15) is 0 Å². The molecule has 5 heteroatoms. The molecule has 0 amide bonds. The second-order valence-electron chi connectivity index (χ2n) is 5.19. The summed E-state index contributed by atoms with van der Waals surface area (Å²) >= 11 is 1.64. The van der Waals surface area contributed by atoms with Gasteiger partial charge in [-0.15, -0.1) is 11.8 Å².